The van der Waals surface area contributed by atoms with Gasteiger partial charge in [-0.1, -0.05) is 32.0 Å². The summed E-state index contributed by atoms with van der Waals surface area (Å²) in [4.78, 5) is 11.5. The van der Waals surface area contributed by atoms with Gasteiger partial charge in [-0.25, -0.2) is 0 Å². The van der Waals surface area contributed by atoms with Gasteiger partial charge < -0.3 is 15.2 Å². The Morgan fingerprint density at radius 1 is 1.22 bits per heavy atom. The number of ether oxygens (including phenoxy) is 2. The van der Waals surface area contributed by atoms with Crippen LogP contribution >= 0.6 is 0 Å². The van der Waals surface area contributed by atoms with Crippen molar-refractivity contribution < 1.29 is 14.3 Å². The van der Waals surface area contributed by atoms with E-state index in [1.807, 2.05) is 44.2 Å². The van der Waals surface area contributed by atoms with Crippen LogP contribution in [0.3, 0.4) is 0 Å². The number of rotatable bonds is 7. The first kappa shape index (κ1) is 14.5. The fraction of sp³-hybridized carbons (Fsp3) is 0.500. The largest absolute Gasteiger partial charge is 0.490 e. The summed E-state index contributed by atoms with van der Waals surface area (Å²) in [5, 5.41) is 0. The summed E-state index contributed by atoms with van der Waals surface area (Å²) in [6, 6.07) is 8.86. The van der Waals surface area contributed by atoms with E-state index in [0.29, 0.717) is 18.9 Å². The molecule has 0 aliphatic carbocycles. The number of esters is 1. The smallest absolute Gasteiger partial charge is 0.323 e. The molecule has 0 bridgehead atoms. The van der Waals surface area contributed by atoms with Crippen molar-refractivity contribution in [2.24, 2.45) is 11.7 Å². The molecule has 0 spiro atoms. The number of carbonyl (C=O) groups is 1. The molecule has 1 aromatic carbocycles. The van der Waals surface area contributed by atoms with Gasteiger partial charge in [-0.3, -0.25) is 4.79 Å². The average molecular weight is 251 g/mol. The fourth-order valence-corrected chi connectivity index (χ4v) is 1.53. The molecule has 2 N–H and O–H groups in total. The first-order valence-electron chi connectivity index (χ1n) is 6.19. The first-order valence-corrected chi connectivity index (χ1v) is 6.19. The van der Waals surface area contributed by atoms with E-state index in [1.54, 1.807) is 0 Å². The summed E-state index contributed by atoms with van der Waals surface area (Å²) in [6.07, 6.45) is 0.637. The molecule has 0 aliphatic heterocycles. The van der Waals surface area contributed by atoms with Crippen LogP contribution in [0.1, 0.15) is 20.3 Å². The second kappa shape index (κ2) is 7.71. The van der Waals surface area contributed by atoms with Crippen LogP contribution in [-0.2, 0) is 9.53 Å². The highest BCUT2D eigenvalue weighted by atomic mass is 16.6. The van der Waals surface area contributed by atoms with E-state index in [9.17, 15) is 4.79 Å². The van der Waals surface area contributed by atoms with Crippen LogP contribution in [0, 0.1) is 5.92 Å². The summed E-state index contributed by atoms with van der Waals surface area (Å²) in [5.41, 5.74) is 5.70. The summed E-state index contributed by atoms with van der Waals surface area (Å²) in [7, 11) is 0. The highest BCUT2D eigenvalue weighted by molar-refractivity contribution is 5.75. The quantitative estimate of drug-likeness (QED) is 0.594. The molecule has 4 heteroatoms. The number of benzene rings is 1. The highest BCUT2D eigenvalue weighted by Gasteiger charge is 2.16. The molecule has 0 heterocycles. The molecule has 1 rings (SSSR count). The molecular formula is C14H21NO3. The van der Waals surface area contributed by atoms with E-state index in [1.165, 1.54) is 0 Å². The highest BCUT2D eigenvalue weighted by Crippen LogP contribution is 2.08. The normalized spacial score (nSPS) is 12.2. The summed E-state index contributed by atoms with van der Waals surface area (Å²) in [5.74, 6) is 0.786. The van der Waals surface area contributed by atoms with Crippen LogP contribution in [0.5, 0.6) is 5.75 Å². The van der Waals surface area contributed by atoms with E-state index in [2.05, 4.69) is 0 Å². The van der Waals surface area contributed by atoms with E-state index in [-0.39, 0.29) is 12.6 Å². The standard InChI is InChI=1S/C14H21NO3/c1-11(2)10-13(15)14(16)18-9-8-17-12-6-4-3-5-7-12/h3-7,11,13H,8-10,15H2,1-2H3/t13-/m0/s1. The molecule has 0 fully saturated rings. The first-order chi connectivity index (χ1) is 8.59. The van der Waals surface area contributed by atoms with Gasteiger partial charge in [0.05, 0.1) is 0 Å². The molecule has 100 valence electrons. The van der Waals surface area contributed by atoms with E-state index >= 15 is 0 Å². The Morgan fingerprint density at radius 2 is 1.89 bits per heavy atom. The minimum Gasteiger partial charge on any atom is -0.490 e. The van der Waals surface area contributed by atoms with Crippen LogP contribution < -0.4 is 10.5 Å². The molecule has 0 radical (unpaired) electrons. The monoisotopic (exact) mass is 251 g/mol. The maximum absolute atomic E-state index is 11.5. The Balaban J connectivity index is 2.16. The minimum atomic E-state index is -0.540. The van der Waals surface area contributed by atoms with Crippen LogP contribution in [0.25, 0.3) is 0 Å². The topological polar surface area (TPSA) is 61.6 Å². The molecule has 0 aliphatic rings. The Kier molecular flexibility index (Phi) is 6.22. The van der Waals surface area contributed by atoms with E-state index < -0.39 is 6.04 Å². The number of para-hydroxylation sites is 1. The summed E-state index contributed by atoms with van der Waals surface area (Å²) >= 11 is 0. The molecule has 4 nitrogen and oxygen atoms in total. The molecule has 0 aromatic heterocycles. The Morgan fingerprint density at radius 3 is 2.50 bits per heavy atom. The van der Waals surface area contributed by atoms with Gasteiger partial charge in [-0.05, 0) is 24.5 Å². The lowest BCUT2D eigenvalue weighted by atomic mass is 10.1. The van der Waals surface area contributed by atoms with Crippen molar-refractivity contribution in [3.05, 3.63) is 30.3 Å². The molecule has 0 unspecified atom stereocenters. The Hall–Kier alpha value is -1.55. The SMILES string of the molecule is CC(C)C[C@H](N)C(=O)OCCOc1ccccc1. The second-order valence-electron chi connectivity index (χ2n) is 4.57. The number of hydrogen-bond acceptors (Lipinski definition) is 4. The Bertz CT molecular complexity index is 351. The van der Waals surface area contributed by atoms with Gasteiger partial charge >= 0.3 is 5.97 Å². The van der Waals surface area contributed by atoms with Crippen molar-refractivity contribution in [2.75, 3.05) is 13.2 Å². The number of nitrogens with two attached hydrogens (primary N) is 1. The Labute approximate surface area is 108 Å². The molecule has 1 atom stereocenters. The third kappa shape index (κ3) is 5.68. The van der Waals surface area contributed by atoms with Crippen molar-refractivity contribution in [1.82, 2.24) is 0 Å². The van der Waals surface area contributed by atoms with E-state index in [4.69, 9.17) is 15.2 Å². The maximum atomic E-state index is 11.5. The predicted octanol–water partition coefficient (Wildman–Crippen LogP) is 1.98. The van der Waals surface area contributed by atoms with Gasteiger partial charge in [-0.2, -0.15) is 0 Å². The maximum Gasteiger partial charge on any atom is 0.323 e. The van der Waals surface area contributed by atoms with Gasteiger partial charge in [0.25, 0.3) is 0 Å². The summed E-state index contributed by atoms with van der Waals surface area (Å²) < 4.78 is 10.4. The average Bonchev–Trinajstić information content (AvgIpc) is 2.34. The fourth-order valence-electron chi connectivity index (χ4n) is 1.53. The molecule has 0 saturated carbocycles. The predicted molar refractivity (Wildman–Crippen MR) is 70.3 cm³/mol. The second-order valence-corrected chi connectivity index (χ2v) is 4.57. The minimum absolute atomic E-state index is 0.222. The summed E-state index contributed by atoms with van der Waals surface area (Å²) in [6.45, 7) is 4.60. The van der Waals surface area contributed by atoms with Crippen LogP contribution in [-0.4, -0.2) is 25.2 Å². The molecule has 0 amide bonds. The molecular weight excluding hydrogens is 230 g/mol. The zero-order chi connectivity index (χ0) is 13.4. The van der Waals surface area contributed by atoms with Crippen molar-refractivity contribution in [3.8, 4) is 5.75 Å². The lowest BCUT2D eigenvalue weighted by molar-refractivity contribution is -0.146. The lowest BCUT2D eigenvalue weighted by Crippen LogP contribution is -2.34. The zero-order valence-electron chi connectivity index (χ0n) is 11.0. The van der Waals surface area contributed by atoms with E-state index in [0.717, 1.165) is 5.75 Å². The third-order valence-corrected chi connectivity index (χ3v) is 2.37. The van der Waals surface area contributed by atoms with Gasteiger partial charge in [0.1, 0.15) is 25.0 Å². The van der Waals surface area contributed by atoms with Crippen LogP contribution in [0.2, 0.25) is 0 Å². The van der Waals surface area contributed by atoms with Crippen molar-refractivity contribution in [1.29, 1.82) is 0 Å². The van der Waals surface area contributed by atoms with Crippen LogP contribution in [0.15, 0.2) is 30.3 Å². The van der Waals surface area contributed by atoms with Crippen LogP contribution in [0.4, 0.5) is 0 Å². The van der Waals surface area contributed by atoms with Crippen molar-refractivity contribution in [3.63, 3.8) is 0 Å². The van der Waals surface area contributed by atoms with Crippen molar-refractivity contribution >= 4 is 5.97 Å². The number of carbonyl (C=O) groups excluding carboxylic acids is 1. The molecule has 1 aromatic rings. The van der Waals surface area contributed by atoms with Gasteiger partial charge in [-0.15, -0.1) is 0 Å². The molecule has 18 heavy (non-hydrogen) atoms. The van der Waals surface area contributed by atoms with Gasteiger partial charge in [0.2, 0.25) is 0 Å². The lowest BCUT2D eigenvalue weighted by Gasteiger charge is -2.13. The molecule has 0 saturated heterocycles. The van der Waals surface area contributed by atoms with Gasteiger partial charge in [0.15, 0.2) is 0 Å². The third-order valence-electron chi connectivity index (χ3n) is 2.37. The van der Waals surface area contributed by atoms with Crippen molar-refractivity contribution in [2.45, 2.75) is 26.3 Å². The zero-order valence-corrected chi connectivity index (χ0v) is 11.0. The number of hydrogen-bond donors (Lipinski definition) is 1. The van der Waals surface area contributed by atoms with Gasteiger partial charge in [0, 0.05) is 0 Å².